The largest absolute Gasteiger partial charge is 0.455 e. The topological polar surface area (TPSA) is 102 Å². The minimum Gasteiger partial charge on any atom is -0.455 e. The third kappa shape index (κ3) is 5.54. The van der Waals surface area contributed by atoms with Crippen molar-refractivity contribution in [3.8, 4) is 0 Å². The molecule has 7 nitrogen and oxygen atoms in total. The number of sulfonamides is 1. The van der Waals surface area contributed by atoms with Crippen molar-refractivity contribution in [3.63, 3.8) is 0 Å². The summed E-state index contributed by atoms with van der Waals surface area (Å²) in [5.74, 6) is -1.27. The number of rotatable bonds is 7. The van der Waals surface area contributed by atoms with Gasteiger partial charge in [-0.2, -0.15) is 4.72 Å². The lowest BCUT2D eigenvalue weighted by molar-refractivity contribution is -0.147. The summed E-state index contributed by atoms with van der Waals surface area (Å²) in [6, 6.07) is 12.0. The molecule has 0 fully saturated rings. The molecular weight excluding hydrogens is 344 g/mol. The number of hydrogen-bond acceptors (Lipinski definition) is 5. The van der Waals surface area contributed by atoms with Crippen LogP contribution in [0.5, 0.6) is 0 Å². The van der Waals surface area contributed by atoms with E-state index in [0.29, 0.717) is 0 Å². The molecule has 2 N–H and O–H groups in total. The summed E-state index contributed by atoms with van der Waals surface area (Å²) in [4.78, 5) is 23.0. The van der Waals surface area contributed by atoms with Gasteiger partial charge in [0, 0.05) is 6.04 Å². The fraction of sp³-hybridized carbons (Fsp3) is 0.294. The summed E-state index contributed by atoms with van der Waals surface area (Å²) in [6.07, 6.45) is 0. The molecule has 25 heavy (non-hydrogen) atoms. The van der Waals surface area contributed by atoms with Gasteiger partial charge in [-0.3, -0.25) is 9.59 Å². The van der Waals surface area contributed by atoms with Crippen LogP contribution in [-0.4, -0.2) is 39.5 Å². The van der Waals surface area contributed by atoms with Crippen LogP contribution >= 0.6 is 0 Å². The van der Waals surface area contributed by atoms with Crippen LogP contribution < -0.4 is 10.0 Å². The molecular formula is C17H20N2O5S. The van der Waals surface area contributed by atoms with Gasteiger partial charge in [0.2, 0.25) is 10.0 Å². The molecule has 0 aliphatic carbocycles. The number of benzene rings is 2. The number of esters is 1. The van der Waals surface area contributed by atoms with E-state index in [2.05, 4.69) is 10.0 Å². The van der Waals surface area contributed by atoms with E-state index in [-0.39, 0.29) is 10.9 Å². The van der Waals surface area contributed by atoms with Crippen LogP contribution in [0.4, 0.5) is 0 Å². The molecule has 0 saturated heterocycles. The third-order valence-electron chi connectivity index (χ3n) is 3.25. The van der Waals surface area contributed by atoms with Gasteiger partial charge in [-0.1, -0.05) is 30.3 Å². The third-order valence-corrected chi connectivity index (χ3v) is 4.65. The van der Waals surface area contributed by atoms with Crippen molar-refractivity contribution < 1.29 is 22.7 Å². The number of amides is 1. The summed E-state index contributed by atoms with van der Waals surface area (Å²) >= 11 is 0. The number of carbonyl (C=O) groups is 2. The molecule has 1 amide bonds. The Kier molecular flexibility index (Phi) is 6.11. The van der Waals surface area contributed by atoms with Crippen molar-refractivity contribution >= 4 is 32.7 Å². The highest BCUT2D eigenvalue weighted by Crippen LogP contribution is 2.18. The Balaban J connectivity index is 1.94. The second-order valence-electron chi connectivity index (χ2n) is 5.72. The van der Waals surface area contributed by atoms with E-state index in [1.54, 1.807) is 26.0 Å². The van der Waals surface area contributed by atoms with E-state index in [0.717, 1.165) is 10.8 Å². The summed E-state index contributed by atoms with van der Waals surface area (Å²) < 4.78 is 31.4. The lowest BCUT2D eigenvalue weighted by Crippen LogP contribution is -2.36. The molecule has 0 saturated carbocycles. The smallest absolute Gasteiger partial charge is 0.321 e. The second-order valence-corrected chi connectivity index (χ2v) is 7.48. The first kappa shape index (κ1) is 18.9. The summed E-state index contributed by atoms with van der Waals surface area (Å²) in [5.41, 5.74) is 0. The summed E-state index contributed by atoms with van der Waals surface area (Å²) in [7, 11) is -3.86. The van der Waals surface area contributed by atoms with Crippen molar-refractivity contribution in [1.29, 1.82) is 0 Å². The lowest BCUT2D eigenvalue weighted by Gasteiger charge is -2.10. The SMILES string of the molecule is CC(C)NC(=O)COC(=O)CNS(=O)(=O)c1ccc2ccccc2c1. The Hall–Kier alpha value is -2.45. The van der Waals surface area contributed by atoms with Crippen LogP contribution in [0.25, 0.3) is 10.8 Å². The second kappa shape index (κ2) is 8.09. The first-order chi connectivity index (χ1) is 11.8. The zero-order valence-electron chi connectivity index (χ0n) is 14.0. The summed E-state index contributed by atoms with van der Waals surface area (Å²) in [6.45, 7) is 2.55. The molecule has 0 atom stereocenters. The van der Waals surface area contributed by atoms with E-state index >= 15 is 0 Å². The minimum atomic E-state index is -3.86. The lowest BCUT2D eigenvalue weighted by atomic mass is 10.1. The molecule has 0 aliphatic rings. The van der Waals surface area contributed by atoms with Gasteiger partial charge in [0.05, 0.1) is 4.90 Å². The fourth-order valence-electron chi connectivity index (χ4n) is 2.13. The normalized spacial score (nSPS) is 11.5. The quantitative estimate of drug-likeness (QED) is 0.719. The minimum absolute atomic E-state index is 0.0524. The standard InChI is InChI=1S/C17H20N2O5S/c1-12(2)19-16(20)11-24-17(21)10-18-25(22,23)15-8-7-13-5-3-4-6-14(13)9-15/h3-9,12,18H,10-11H2,1-2H3,(H,19,20). The van der Waals surface area contributed by atoms with Gasteiger partial charge >= 0.3 is 5.97 Å². The van der Waals surface area contributed by atoms with Crippen LogP contribution in [0.1, 0.15) is 13.8 Å². The number of hydrogen-bond donors (Lipinski definition) is 2. The zero-order valence-corrected chi connectivity index (χ0v) is 14.8. The Morgan fingerprint density at radius 3 is 2.44 bits per heavy atom. The fourth-order valence-corrected chi connectivity index (χ4v) is 3.14. The molecule has 8 heteroatoms. The van der Waals surface area contributed by atoms with E-state index in [9.17, 15) is 18.0 Å². The Morgan fingerprint density at radius 1 is 1.08 bits per heavy atom. The van der Waals surface area contributed by atoms with Crippen LogP contribution in [-0.2, 0) is 24.3 Å². The van der Waals surface area contributed by atoms with Crippen LogP contribution in [0, 0.1) is 0 Å². The van der Waals surface area contributed by atoms with Gasteiger partial charge in [-0.15, -0.1) is 0 Å². The average molecular weight is 364 g/mol. The van der Waals surface area contributed by atoms with Crippen molar-refractivity contribution in [2.45, 2.75) is 24.8 Å². The number of ether oxygens (including phenoxy) is 1. The summed E-state index contributed by atoms with van der Waals surface area (Å²) in [5, 5.41) is 4.25. The molecule has 0 unspecified atom stereocenters. The molecule has 2 aromatic carbocycles. The highest BCUT2D eigenvalue weighted by Gasteiger charge is 2.17. The zero-order chi connectivity index (χ0) is 18.4. The maximum atomic E-state index is 12.3. The molecule has 0 aromatic heterocycles. The maximum Gasteiger partial charge on any atom is 0.321 e. The van der Waals surface area contributed by atoms with Gasteiger partial charge in [-0.05, 0) is 36.8 Å². The van der Waals surface area contributed by atoms with E-state index < -0.39 is 35.1 Å². The predicted octanol–water partition coefficient (Wildman–Crippen LogP) is 1.19. The van der Waals surface area contributed by atoms with Gasteiger partial charge in [0.15, 0.2) is 6.61 Å². The Morgan fingerprint density at radius 2 is 1.76 bits per heavy atom. The number of carbonyl (C=O) groups excluding carboxylic acids is 2. The molecule has 0 spiro atoms. The van der Waals surface area contributed by atoms with Gasteiger partial charge < -0.3 is 10.1 Å². The highest BCUT2D eigenvalue weighted by atomic mass is 32.2. The first-order valence-electron chi connectivity index (χ1n) is 7.71. The monoisotopic (exact) mass is 364 g/mol. The number of nitrogens with one attached hydrogen (secondary N) is 2. The number of fused-ring (bicyclic) bond motifs is 1. The van der Waals surface area contributed by atoms with Gasteiger partial charge in [0.25, 0.3) is 5.91 Å². The Bertz CT molecular complexity index is 877. The molecule has 0 bridgehead atoms. The first-order valence-corrected chi connectivity index (χ1v) is 9.20. The molecule has 0 radical (unpaired) electrons. The average Bonchev–Trinajstić information content (AvgIpc) is 2.57. The van der Waals surface area contributed by atoms with Gasteiger partial charge in [-0.25, -0.2) is 8.42 Å². The molecule has 0 aliphatic heterocycles. The van der Waals surface area contributed by atoms with Crippen molar-refractivity contribution in [3.05, 3.63) is 42.5 Å². The van der Waals surface area contributed by atoms with E-state index in [1.165, 1.54) is 12.1 Å². The van der Waals surface area contributed by atoms with Crippen LogP contribution in [0.3, 0.4) is 0 Å². The predicted molar refractivity (Wildman–Crippen MR) is 93.4 cm³/mol. The molecule has 2 aromatic rings. The van der Waals surface area contributed by atoms with Crippen LogP contribution in [0.2, 0.25) is 0 Å². The molecule has 134 valence electrons. The van der Waals surface area contributed by atoms with Crippen LogP contribution in [0.15, 0.2) is 47.4 Å². The maximum absolute atomic E-state index is 12.3. The molecule has 0 heterocycles. The van der Waals surface area contributed by atoms with E-state index in [1.807, 2.05) is 18.2 Å². The Labute approximate surface area is 146 Å². The highest BCUT2D eigenvalue weighted by molar-refractivity contribution is 7.89. The van der Waals surface area contributed by atoms with Crippen molar-refractivity contribution in [2.24, 2.45) is 0 Å². The van der Waals surface area contributed by atoms with E-state index in [4.69, 9.17) is 4.74 Å². The van der Waals surface area contributed by atoms with Crippen molar-refractivity contribution in [1.82, 2.24) is 10.0 Å². The molecule has 2 rings (SSSR count). The van der Waals surface area contributed by atoms with Crippen molar-refractivity contribution in [2.75, 3.05) is 13.2 Å². The van der Waals surface area contributed by atoms with Gasteiger partial charge in [0.1, 0.15) is 6.54 Å².